The van der Waals surface area contributed by atoms with E-state index >= 15 is 4.39 Å². The van der Waals surface area contributed by atoms with Crippen LogP contribution in [0.4, 0.5) is 10.2 Å². The van der Waals surface area contributed by atoms with Gasteiger partial charge in [-0.3, -0.25) is 9.59 Å². The van der Waals surface area contributed by atoms with Crippen molar-refractivity contribution in [2.45, 2.75) is 37.9 Å². The Labute approximate surface area is 208 Å². The van der Waals surface area contributed by atoms with Crippen molar-refractivity contribution in [1.29, 1.82) is 5.26 Å². The maximum Gasteiger partial charge on any atom is 0.260 e. The summed E-state index contributed by atoms with van der Waals surface area (Å²) >= 11 is 0. The molecule has 5 rings (SSSR count). The third kappa shape index (κ3) is 4.35. The summed E-state index contributed by atoms with van der Waals surface area (Å²) in [5.74, 6) is 0.238. The second kappa shape index (κ2) is 9.53. The molecule has 2 aromatic heterocycles. The minimum Gasteiger partial charge on any atom is -0.366 e. The molecule has 8 nitrogen and oxygen atoms in total. The number of piperidine rings is 1. The van der Waals surface area contributed by atoms with E-state index in [1.165, 1.54) is 23.6 Å². The van der Waals surface area contributed by atoms with Crippen molar-refractivity contribution in [3.8, 4) is 17.3 Å². The Morgan fingerprint density at radius 3 is 2.67 bits per heavy atom. The van der Waals surface area contributed by atoms with Gasteiger partial charge in [-0.25, -0.2) is 14.4 Å². The van der Waals surface area contributed by atoms with Crippen LogP contribution in [-0.2, 0) is 4.79 Å². The smallest absolute Gasteiger partial charge is 0.260 e. The van der Waals surface area contributed by atoms with Crippen molar-refractivity contribution in [2.24, 2.45) is 5.92 Å². The van der Waals surface area contributed by atoms with Crippen LogP contribution in [0.3, 0.4) is 0 Å². The lowest BCUT2D eigenvalue weighted by Gasteiger charge is -2.39. The summed E-state index contributed by atoms with van der Waals surface area (Å²) in [6.07, 6.45) is 4.99. The summed E-state index contributed by atoms with van der Waals surface area (Å²) in [6, 6.07) is 13.0. The zero-order chi connectivity index (χ0) is 25.3. The Morgan fingerprint density at radius 1 is 1.19 bits per heavy atom. The summed E-state index contributed by atoms with van der Waals surface area (Å²) in [5, 5.41) is 9.23. The lowest BCUT2D eigenvalue weighted by atomic mass is 9.91. The van der Waals surface area contributed by atoms with Gasteiger partial charge in [-0.15, -0.1) is 0 Å². The number of nitriles is 1. The maximum absolute atomic E-state index is 16.1. The molecule has 184 valence electrons. The van der Waals surface area contributed by atoms with Crippen LogP contribution < -0.4 is 10.3 Å². The van der Waals surface area contributed by atoms with Crippen LogP contribution in [0.25, 0.3) is 11.3 Å². The molecule has 2 atom stereocenters. The number of anilines is 1. The van der Waals surface area contributed by atoms with E-state index in [4.69, 9.17) is 0 Å². The highest BCUT2D eigenvalue weighted by molar-refractivity contribution is 5.86. The number of nitrogens with one attached hydrogen (secondary N) is 1. The Kier molecular flexibility index (Phi) is 6.27. The average molecular weight is 487 g/mol. The molecule has 36 heavy (non-hydrogen) atoms. The minimum absolute atomic E-state index is 0.0116. The first-order valence-corrected chi connectivity index (χ1v) is 12.1. The number of carbonyl (C=O) groups is 1. The molecule has 1 aromatic carbocycles. The van der Waals surface area contributed by atoms with Gasteiger partial charge in [0.2, 0.25) is 5.43 Å². The van der Waals surface area contributed by atoms with Gasteiger partial charge < -0.3 is 14.8 Å². The number of aromatic nitrogens is 3. The van der Waals surface area contributed by atoms with Gasteiger partial charge in [-0.1, -0.05) is 37.3 Å². The molecule has 3 aromatic rings. The number of rotatable bonds is 4. The Bertz CT molecular complexity index is 1360. The molecule has 0 aliphatic carbocycles. The van der Waals surface area contributed by atoms with E-state index in [0.29, 0.717) is 37.4 Å². The molecule has 1 N–H and O–H groups in total. The molecular formula is C27H27FN6O2. The van der Waals surface area contributed by atoms with Crippen molar-refractivity contribution in [2.75, 3.05) is 24.5 Å². The molecule has 0 unspecified atom stereocenters. The van der Waals surface area contributed by atoms with Crippen molar-refractivity contribution in [3.63, 3.8) is 0 Å². The molecule has 0 radical (unpaired) electrons. The first-order chi connectivity index (χ1) is 17.4. The van der Waals surface area contributed by atoms with Gasteiger partial charge in [-0.05, 0) is 12.3 Å². The second-order valence-corrected chi connectivity index (χ2v) is 9.66. The molecule has 2 aliphatic heterocycles. The number of nitrogens with zero attached hydrogens (tertiary/aromatic N) is 5. The van der Waals surface area contributed by atoms with Gasteiger partial charge in [0.25, 0.3) is 5.91 Å². The third-order valence-electron chi connectivity index (χ3n) is 7.21. The van der Waals surface area contributed by atoms with Crippen LogP contribution in [0, 0.1) is 17.2 Å². The monoisotopic (exact) mass is 486 g/mol. The number of pyridine rings is 1. The summed E-state index contributed by atoms with van der Waals surface area (Å²) in [5.41, 5.74) is -0.350. The second-order valence-electron chi connectivity index (χ2n) is 9.66. The van der Waals surface area contributed by atoms with Crippen LogP contribution in [0.2, 0.25) is 0 Å². The van der Waals surface area contributed by atoms with E-state index < -0.39 is 23.0 Å². The van der Waals surface area contributed by atoms with Crippen molar-refractivity contribution in [1.82, 2.24) is 19.9 Å². The van der Waals surface area contributed by atoms with Crippen LogP contribution in [0.5, 0.6) is 0 Å². The third-order valence-corrected chi connectivity index (χ3v) is 7.21. The highest BCUT2D eigenvalue weighted by atomic mass is 19.1. The van der Waals surface area contributed by atoms with Crippen LogP contribution in [0.15, 0.2) is 59.9 Å². The van der Waals surface area contributed by atoms with Crippen LogP contribution >= 0.6 is 0 Å². The number of aromatic amines is 1. The zero-order valence-corrected chi connectivity index (χ0v) is 20.0. The van der Waals surface area contributed by atoms with E-state index in [2.05, 4.69) is 15.0 Å². The predicted molar refractivity (Wildman–Crippen MR) is 133 cm³/mol. The lowest BCUT2D eigenvalue weighted by molar-refractivity contribution is -0.146. The molecule has 0 spiro atoms. The highest BCUT2D eigenvalue weighted by Crippen LogP contribution is 2.39. The number of benzene rings is 1. The molecule has 4 heterocycles. The molecule has 2 saturated heterocycles. The van der Waals surface area contributed by atoms with Crippen molar-refractivity contribution in [3.05, 3.63) is 76.5 Å². The van der Waals surface area contributed by atoms with E-state index in [-0.39, 0.29) is 24.3 Å². The first kappa shape index (κ1) is 23.7. The van der Waals surface area contributed by atoms with Gasteiger partial charge in [-0.2, -0.15) is 5.26 Å². The van der Waals surface area contributed by atoms with Crippen molar-refractivity contribution < 1.29 is 9.18 Å². The van der Waals surface area contributed by atoms with E-state index in [1.54, 1.807) is 0 Å². The molecular weight excluding hydrogens is 459 g/mol. The van der Waals surface area contributed by atoms with Crippen molar-refractivity contribution >= 4 is 11.7 Å². The van der Waals surface area contributed by atoms with Gasteiger partial charge in [0.15, 0.2) is 5.67 Å². The molecule has 0 bridgehead atoms. The van der Waals surface area contributed by atoms with Crippen LogP contribution in [-0.4, -0.2) is 51.1 Å². The van der Waals surface area contributed by atoms with E-state index in [9.17, 15) is 14.9 Å². The Morgan fingerprint density at radius 2 is 1.94 bits per heavy atom. The predicted octanol–water partition coefficient (Wildman–Crippen LogP) is 3.62. The van der Waals surface area contributed by atoms with Gasteiger partial charge >= 0.3 is 0 Å². The van der Waals surface area contributed by atoms with Gasteiger partial charge in [0.05, 0.1) is 11.7 Å². The largest absolute Gasteiger partial charge is 0.366 e. The fraction of sp³-hybridized carbons (Fsp3) is 0.370. The van der Waals surface area contributed by atoms with E-state index in [0.717, 1.165) is 11.3 Å². The number of halogens is 1. The standard InChI is InChI=1S/C27H27FN6O2/c1-18-11-23(21-15-30-14-20(13-29)25(21)35)34(16-18)26(36)27(28)7-9-33(10-8-27)24-12-22(31-17-32-24)19-5-3-2-4-6-19/h2-6,12,14-15,17-18,23H,7-11,16H2,1H3,(H,30,35)/t18-,23+/m1/s1. The van der Waals surface area contributed by atoms with Gasteiger partial charge in [0, 0.05) is 62.1 Å². The average Bonchev–Trinajstić information content (AvgIpc) is 3.30. The SMILES string of the molecule is C[C@@H]1C[C@@H](c2c[nH]cc(C#N)c2=O)N(C(=O)C2(F)CCN(c3cc(-c4ccccc4)ncn3)CC2)C1. The number of hydrogen-bond donors (Lipinski definition) is 1. The zero-order valence-electron chi connectivity index (χ0n) is 20.0. The lowest BCUT2D eigenvalue weighted by Crippen LogP contribution is -2.52. The summed E-state index contributed by atoms with van der Waals surface area (Å²) < 4.78 is 16.1. The number of H-pyrrole nitrogens is 1. The summed E-state index contributed by atoms with van der Waals surface area (Å²) in [6.45, 7) is 3.04. The highest BCUT2D eigenvalue weighted by Gasteiger charge is 2.48. The fourth-order valence-corrected chi connectivity index (χ4v) is 5.25. The number of alkyl halides is 1. The van der Waals surface area contributed by atoms with Gasteiger partial charge in [0.1, 0.15) is 23.8 Å². The maximum atomic E-state index is 16.1. The Hall–Kier alpha value is -4.06. The summed E-state index contributed by atoms with van der Waals surface area (Å²) in [7, 11) is 0. The molecule has 2 aliphatic rings. The fourth-order valence-electron chi connectivity index (χ4n) is 5.25. The number of hydrogen-bond acceptors (Lipinski definition) is 6. The number of amides is 1. The molecule has 9 heteroatoms. The number of carbonyl (C=O) groups excluding carboxylic acids is 1. The first-order valence-electron chi connectivity index (χ1n) is 12.1. The van der Waals surface area contributed by atoms with E-state index in [1.807, 2.05) is 54.3 Å². The number of likely N-dealkylation sites (tertiary alicyclic amines) is 1. The molecule has 1 amide bonds. The topological polar surface area (TPSA) is 106 Å². The molecule has 2 fully saturated rings. The molecule has 0 saturated carbocycles. The van der Waals surface area contributed by atoms with Crippen LogP contribution in [0.1, 0.15) is 43.4 Å². The quantitative estimate of drug-likeness (QED) is 0.604. The summed E-state index contributed by atoms with van der Waals surface area (Å²) in [4.78, 5) is 41.3. The normalized spacial score (nSPS) is 21.2. The minimum atomic E-state index is -2.02. The Balaban J connectivity index is 1.33.